The third kappa shape index (κ3) is 2.72. The Morgan fingerprint density at radius 1 is 1.36 bits per heavy atom. The monoisotopic (exact) mass is 223 g/mol. The number of hydrogen-bond acceptors (Lipinski definition) is 2. The maximum Gasteiger partial charge on any atom is 0.134 e. The molecule has 0 spiro atoms. The van der Waals surface area contributed by atoms with E-state index in [1.54, 1.807) is 11.8 Å². The van der Waals surface area contributed by atoms with Gasteiger partial charge in [0, 0.05) is 11.8 Å². The Kier molecular flexibility index (Phi) is 3.43. The molecule has 0 bridgehead atoms. The van der Waals surface area contributed by atoms with Crippen LogP contribution in [0.15, 0.2) is 30.3 Å². The molecule has 1 aliphatic rings. The summed E-state index contributed by atoms with van der Waals surface area (Å²) in [5, 5.41) is 3.32. The Labute approximate surface area is 94.3 Å². The van der Waals surface area contributed by atoms with Crippen molar-refractivity contribution in [1.29, 1.82) is 0 Å². The summed E-state index contributed by atoms with van der Waals surface area (Å²) in [7, 11) is 0. The van der Waals surface area contributed by atoms with Gasteiger partial charge in [0.1, 0.15) is 4.32 Å². The standard InChI is InChI=1S/C11H13NS2/c13-11-12-10(8-14-11)7-6-9-4-2-1-3-5-9/h1-5,10H,6-8H2,(H,12,13). The molecular weight excluding hydrogens is 210 g/mol. The molecule has 1 aromatic rings. The molecule has 1 unspecified atom stereocenters. The third-order valence-electron chi connectivity index (χ3n) is 2.36. The molecule has 2 rings (SSSR count). The minimum absolute atomic E-state index is 0.577. The van der Waals surface area contributed by atoms with Gasteiger partial charge in [-0.05, 0) is 18.4 Å². The largest absolute Gasteiger partial charge is 0.367 e. The maximum absolute atomic E-state index is 5.08. The van der Waals surface area contributed by atoms with Crippen molar-refractivity contribution >= 4 is 28.3 Å². The molecule has 74 valence electrons. The third-order valence-corrected chi connectivity index (χ3v) is 3.78. The Morgan fingerprint density at radius 3 is 2.79 bits per heavy atom. The van der Waals surface area contributed by atoms with E-state index in [0.717, 1.165) is 16.5 Å². The number of thiocarbonyl (C=S) groups is 1. The Bertz CT molecular complexity index is 310. The number of rotatable bonds is 3. The van der Waals surface area contributed by atoms with Gasteiger partial charge in [-0.25, -0.2) is 0 Å². The highest BCUT2D eigenvalue weighted by Gasteiger charge is 2.17. The van der Waals surface area contributed by atoms with E-state index in [2.05, 4.69) is 35.6 Å². The molecule has 1 nitrogen and oxygen atoms in total. The zero-order valence-corrected chi connectivity index (χ0v) is 9.53. The molecule has 3 heteroatoms. The molecule has 0 amide bonds. The van der Waals surface area contributed by atoms with Crippen LogP contribution in [0.2, 0.25) is 0 Å². The quantitative estimate of drug-likeness (QED) is 0.791. The molecule has 1 N–H and O–H groups in total. The molecule has 1 aromatic carbocycles. The van der Waals surface area contributed by atoms with Crippen molar-refractivity contribution in [2.45, 2.75) is 18.9 Å². The minimum Gasteiger partial charge on any atom is -0.367 e. The lowest BCUT2D eigenvalue weighted by atomic mass is 10.1. The fourth-order valence-electron chi connectivity index (χ4n) is 1.57. The number of aryl methyl sites for hydroxylation is 1. The van der Waals surface area contributed by atoms with Crippen LogP contribution in [-0.2, 0) is 6.42 Å². The van der Waals surface area contributed by atoms with Crippen LogP contribution in [0.5, 0.6) is 0 Å². The summed E-state index contributed by atoms with van der Waals surface area (Å²) in [5.74, 6) is 1.13. The van der Waals surface area contributed by atoms with Crippen molar-refractivity contribution in [2.75, 3.05) is 5.75 Å². The second-order valence-corrected chi connectivity index (χ2v) is 5.16. The molecule has 0 saturated carbocycles. The number of benzene rings is 1. The molecule has 0 aliphatic carbocycles. The molecule has 1 atom stereocenters. The van der Waals surface area contributed by atoms with Crippen LogP contribution in [0.3, 0.4) is 0 Å². The summed E-state index contributed by atoms with van der Waals surface area (Å²) in [6.07, 6.45) is 2.32. The van der Waals surface area contributed by atoms with Gasteiger partial charge in [-0.15, -0.1) is 0 Å². The first kappa shape index (κ1) is 9.99. The average molecular weight is 223 g/mol. The smallest absolute Gasteiger partial charge is 0.134 e. The van der Waals surface area contributed by atoms with Crippen LogP contribution < -0.4 is 5.32 Å². The van der Waals surface area contributed by atoms with E-state index in [-0.39, 0.29) is 0 Å². The van der Waals surface area contributed by atoms with Crippen molar-refractivity contribution in [3.63, 3.8) is 0 Å². The first-order valence-electron chi connectivity index (χ1n) is 4.82. The van der Waals surface area contributed by atoms with Crippen molar-refractivity contribution in [2.24, 2.45) is 0 Å². The Hall–Kier alpha value is -0.540. The Balaban J connectivity index is 1.80. The van der Waals surface area contributed by atoms with Crippen LogP contribution >= 0.6 is 24.0 Å². The predicted molar refractivity (Wildman–Crippen MR) is 66.7 cm³/mol. The first-order chi connectivity index (χ1) is 6.84. The van der Waals surface area contributed by atoms with Gasteiger partial charge in [-0.2, -0.15) is 0 Å². The summed E-state index contributed by atoms with van der Waals surface area (Å²) in [6, 6.07) is 11.2. The van der Waals surface area contributed by atoms with Gasteiger partial charge in [0.25, 0.3) is 0 Å². The molecule has 1 saturated heterocycles. The van der Waals surface area contributed by atoms with Gasteiger partial charge >= 0.3 is 0 Å². The van der Waals surface area contributed by atoms with Crippen LogP contribution in [0.4, 0.5) is 0 Å². The molecule has 1 aliphatic heterocycles. The number of thioether (sulfide) groups is 1. The lowest BCUT2D eigenvalue weighted by Gasteiger charge is -2.08. The van der Waals surface area contributed by atoms with Crippen LogP contribution in [0.1, 0.15) is 12.0 Å². The molecule has 0 aromatic heterocycles. The lowest BCUT2D eigenvalue weighted by Crippen LogP contribution is -2.26. The van der Waals surface area contributed by atoms with E-state index in [1.807, 2.05) is 0 Å². The fourth-order valence-corrected chi connectivity index (χ4v) is 2.79. The van der Waals surface area contributed by atoms with Gasteiger partial charge in [-0.1, -0.05) is 54.3 Å². The van der Waals surface area contributed by atoms with Gasteiger partial charge in [-0.3, -0.25) is 0 Å². The summed E-state index contributed by atoms with van der Waals surface area (Å²) < 4.78 is 0.961. The number of nitrogens with one attached hydrogen (secondary N) is 1. The van der Waals surface area contributed by atoms with E-state index in [1.165, 1.54) is 12.0 Å². The lowest BCUT2D eigenvalue weighted by molar-refractivity contribution is 0.631. The van der Waals surface area contributed by atoms with Crippen molar-refractivity contribution in [1.82, 2.24) is 5.32 Å². The fraction of sp³-hybridized carbons (Fsp3) is 0.364. The zero-order valence-electron chi connectivity index (χ0n) is 7.90. The topological polar surface area (TPSA) is 12.0 Å². The van der Waals surface area contributed by atoms with Gasteiger partial charge < -0.3 is 5.32 Å². The van der Waals surface area contributed by atoms with E-state index in [0.29, 0.717) is 6.04 Å². The predicted octanol–water partition coefficient (Wildman–Crippen LogP) is 2.61. The van der Waals surface area contributed by atoms with Crippen LogP contribution in [-0.4, -0.2) is 16.1 Å². The summed E-state index contributed by atoms with van der Waals surface area (Å²) in [6.45, 7) is 0. The Morgan fingerprint density at radius 2 is 2.14 bits per heavy atom. The van der Waals surface area contributed by atoms with E-state index in [9.17, 15) is 0 Å². The van der Waals surface area contributed by atoms with Crippen molar-refractivity contribution < 1.29 is 0 Å². The maximum atomic E-state index is 5.08. The molecule has 1 fully saturated rings. The van der Waals surface area contributed by atoms with Crippen LogP contribution in [0, 0.1) is 0 Å². The van der Waals surface area contributed by atoms with Crippen LogP contribution in [0.25, 0.3) is 0 Å². The summed E-state index contributed by atoms with van der Waals surface area (Å²) >= 11 is 6.84. The number of hydrogen-bond donors (Lipinski definition) is 1. The average Bonchev–Trinajstić information content (AvgIpc) is 2.63. The molecule has 1 heterocycles. The molecule has 0 radical (unpaired) electrons. The van der Waals surface area contributed by atoms with Gasteiger partial charge in [0.05, 0.1) is 0 Å². The van der Waals surface area contributed by atoms with E-state index in [4.69, 9.17) is 12.2 Å². The van der Waals surface area contributed by atoms with Crippen molar-refractivity contribution in [3.05, 3.63) is 35.9 Å². The highest BCUT2D eigenvalue weighted by atomic mass is 32.2. The SMILES string of the molecule is S=C1NC(CCc2ccccc2)CS1. The second kappa shape index (κ2) is 4.80. The summed E-state index contributed by atoms with van der Waals surface area (Å²) in [5.41, 5.74) is 1.41. The molecule has 14 heavy (non-hydrogen) atoms. The van der Waals surface area contributed by atoms with Gasteiger partial charge in [0.2, 0.25) is 0 Å². The summed E-state index contributed by atoms with van der Waals surface area (Å²) in [4.78, 5) is 0. The van der Waals surface area contributed by atoms with E-state index < -0.39 is 0 Å². The zero-order chi connectivity index (χ0) is 9.80. The van der Waals surface area contributed by atoms with Crippen molar-refractivity contribution in [3.8, 4) is 0 Å². The minimum atomic E-state index is 0.577. The first-order valence-corrected chi connectivity index (χ1v) is 6.21. The molecular formula is C11H13NS2. The van der Waals surface area contributed by atoms with Gasteiger partial charge in [0.15, 0.2) is 0 Å². The van der Waals surface area contributed by atoms with E-state index >= 15 is 0 Å². The highest BCUT2D eigenvalue weighted by Crippen LogP contribution is 2.17. The normalized spacial score (nSPS) is 20.9. The highest BCUT2D eigenvalue weighted by molar-refractivity contribution is 8.23. The second-order valence-electron chi connectivity index (χ2n) is 3.46.